The molecule has 1 aliphatic carbocycles. The molecule has 0 N–H and O–H groups in total. The number of likely N-dealkylation sites (N-methyl/N-ethyl adjacent to an activating group) is 1. The quantitative estimate of drug-likeness (QED) is 0.489. The molecule has 3 aromatic rings. The first kappa shape index (κ1) is 26.4. The van der Waals surface area contributed by atoms with Gasteiger partial charge in [0.1, 0.15) is 11.9 Å². The molecule has 3 atom stereocenters. The van der Waals surface area contributed by atoms with Crippen LogP contribution in [-0.2, 0) is 24.2 Å². The van der Waals surface area contributed by atoms with E-state index in [2.05, 4.69) is 48.5 Å². The predicted octanol–water partition coefficient (Wildman–Crippen LogP) is 4.12. The fourth-order valence-electron chi connectivity index (χ4n) is 6.67. The summed E-state index contributed by atoms with van der Waals surface area (Å²) in [4.78, 5) is 29.6. The van der Waals surface area contributed by atoms with Crippen molar-refractivity contribution in [2.24, 2.45) is 5.92 Å². The van der Waals surface area contributed by atoms with E-state index in [1.165, 1.54) is 11.8 Å². The van der Waals surface area contributed by atoms with E-state index in [1.807, 2.05) is 25.4 Å². The summed E-state index contributed by atoms with van der Waals surface area (Å²) in [5.74, 6) is 0.310. The van der Waals surface area contributed by atoms with Gasteiger partial charge in [-0.15, -0.1) is 0 Å². The number of carbonyl (C=O) groups excluding carboxylic acids is 1. The molecule has 0 saturated carbocycles. The molecule has 2 aromatic heterocycles. The van der Waals surface area contributed by atoms with E-state index in [4.69, 9.17) is 11.6 Å². The van der Waals surface area contributed by atoms with Gasteiger partial charge in [0.25, 0.3) is 0 Å². The van der Waals surface area contributed by atoms with Crippen LogP contribution >= 0.6 is 11.6 Å². The van der Waals surface area contributed by atoms with Gasteiger partial charge < -0.3 is 9.47 Å². The minimum Gasteiger partial charge on any atom is -0.341 e. The zero-order valence-corrected chi connectivity index (χ0v) is 23.4. The summed E-state index contributed by atoms with van der Waals surface area (Å²) < 4.78 is 16.4. The molecular formula is C30H36ClFN6O. The Morgan fingerprint density at radius 2 is 1.95 bits per heavy atom. The first-order valence-electron chi connectivity index (χ1n) is 14.0. The maximum Gasteiger partial charge on any atom is 0.241 e. The first-order valence-corrected chi connectivity index (χ1v) is 14.4. The Morgan fingerprint density at radius 1 is 1.10 bits per heavy atom. The number of halogens is 2. The fourth-order valence-corrected chi connectivity index (χ4v) is 6.87. The highest BCUT2D eigenvalue weighted by atomic mass is 35.5. The summed E-state index contributed by atoms with van der Waals surface area (Å²) in [7, 11) is 2.05. The number of pyridine rings is 1. The van der Waals surface area contributed by atoms with Gasteiger partial charge in [0.05, 0.1) is 30.0 Å². The molecule has 3 aliphatic rings. The summed E-state index contributed by atoms with van der Waals surface area (Å²) in [5, 5.41) is 0.703. The Balaban J connectivity index is 1.25. The van der Waals surface area contributed by atoms with Crippen molar-refractivity contribution in [3.63, 3.8) is 0 Å². The van der Waals surface area contributed by atoms with Crippen LogP contribution in [0.3, 0.4) is 0 Å². The standard InChI is InChI=1S/C30H36ClFN6O/c1-20-15-36(19-34-20)16-21-4-3-9-38(17-21)30(39)27-18-37(11-10-35(27)2)29-26-8-7-24(31)12-22(26)5-6-23-13-25(32)14-33-28(23)29/h7-8,12-15,19,21,27,29H,3-6,9-11,16-18H2,1-2H3/t21-,27+,29?/m0/s1. The van der Waals surface area contributed by atoms with Crippen LogP contribution in [0.2, 0.25) is 5.02 Å². The molecular weight excluding hydrogens is 515 g/mol. The van der Waals surface area contributed by atoms with Crippen molar-refractivity contribution in [2.75, 3.05) is 39.8 Å². The molecule has 1 unspecified atom stereocenters. The molecule has 206 valence electrons. The maximum absolute atomic E-state index is 14.2. The average molecular weight is 551 g/mol. The lowest BCUT2D eigenvalue weighted by Gasteiger charge is -2.45. The number of aryl methyl sites for hydroxylation is 3. The maximum atomic E-state index is 14.2. The van der Waals surface area contributed by atoms with Gasteiger partial charge in [-0.25, -0.2) is 9.37 Å². The molecule has 2 fully saturated rings. The highest BCUT2D eigenvalue weighted by molar-refractivity contribution is 6.30. The fraction of sp³-hybridized carbons (Fsp3) is 0.500. The number of fused-ring (bicyclic) bond motifs is 2. The number of aromatic nitrogens is 3. The van der Waals surface area contributed by atoms with E-state index in [0.717, 1.165) is 74.5 Å². The topological polar surface area (TPSA) is 57.5 Å². The minimum atomic E-state index is -0.312. The average Bonchev–Trinajstić information content (AvgIpc) is 3.26. The lowest BCUT2D eigenvalue weighted by Crippen LogP contribution is -2.60. The molecule has 39 heavy (non-hydrogen) atoms. The lowest BCUT2D eigenvalue weighted by atomic mass is 9.94. The van der Waals surface area contributed by atoms with Crippen LogP contribution in [0.4, 0.5) is 4.39 Å². The van der Waals surface area contributed by atoms with Crippen molar-refractivity contribution in [3.8, 4) is 0 Å². The van der Waals surface area contributed by atoms with Gasteiger partial charge in [-0.2, -0.15) is 0 Å². The second-order valence-corrected chi connectivity index (χ2v) is 11.9. The first-order chi connectivity index (χ1) is 18.9. The zero-order valence-electron chi connectivity index (χ0n) is 22.7. The molecule has 4 heterocycles. The number of rotatable bonds is 4. The molecule has 0 spiro atoms. The van der Waals surface area contributed by atoms with Crippen molar-refractivity contribution < 1.29 is 9.18 Å². The molecule has 9 heteroatoms. The van der Waals surface area contributed by atoms with Gasteiger partial charge in [-0.1, -0.05) is 17.7 Å². The second-order valence-electron chi connectivity index (χ2n) is 11.4. The number of likely N-dealkylation sites (tertiary alicyclic amines) is 1. The third-order valence-electron chi connectivity index (χ3n) is 8.68. The van der Waals surface area contributed by atoms with Crippen LogP contribution in [0.1, 0.15) is 47.0 Å². The van der Waals surface area contributed by atoms with Crippen molar-refractivity contribution in [1.29, 1.82) is 0 Å². The lowest BCUT2D eigenvalue weighted by molar-refractivity contribution is -0.141. The number of nitrogens with zero attached hydrogens (tertiary/aromatic N) is 6. The summed E-state index contributed by atoms with van der Waals surface area (Å²) in [5.41, 5.74) is 5.16. The molecule has 6 rings (SSSR count). The Hall–Kier alpha value is -2.81. The van der Waals surface area contributed by atoms with Crippen molar-refractivity contribution in [2.45, 2.75) is 51.2 Å². The van der Waals surface area contributed by atoms with Crippen LogP contribution in [-0.4, -0.2) is 81.0 Å². The van der Waals surface area contributed by atoms with Crippen molar-refractivity contribution in [1.82, 2.24) is 29.2 Å². The monoisotopic (exact) mass is 550 g/mol. The van der Waals surface area contributed by atoms with Crippen LogP contribution in [0.5, 0.6) is 0 Å². The molecule has 2 aliphatic heterocycles. The smallest absolute Gasteiger partial charge is 0.241 e. The SMILES string of the molecule is Cc1cn(C[C@@H]2CCCN(C(=O)[C@H]3CN(C4c5ccc(Cl)cc5CCc5cc(F)cnc54)CCN3C)C2)cn1. The Morgan fingerprint density at radius 3 is 2.77 bits per heavy atom. The number of amides is 1. The van der Waals surface area contributed by atoms with E-state index in [0.29, 0.717) is 23.9 Å². The highest BCUT2D eigenvalue weighted by Crippen LogP contribution is 2.38. The van der Waals surface area contributed by atoms with E-state index in [9.17, 15) is 9.18 Å². The molecule has 1 aromatic carbocycles. The van der Waals surface area contributed by atoms with Crippen LogP contribution in [0, 0.1) is 18.7 Å². The zero-order chi connectivity index (χ0) is 27.1. The molecule has 2 saturated heterocycles. The van der Waals surface area contributed by atoms with E-state index in [-0.39, 0.29) is 23.8 Å². The van der Waals surface area contributed by atoms with E-state index < -0.39 is 0 Å². The van der Waals surface area contributed by atoms with Gasteiger partial charge >= 0.3 is 0 Å². The number of imidazole rings is 1. The number of piperazine rings is 1. The molecule has 0 bridgehead atoms. The van der Waals surface area contributed by atoms with E-state index in [1.54, 1.807) is 6.07 Å². The molecule has 7 nitrogen and oxygen atoms in total. The minimum absolute atomic E-state index is 0.141. The van der Waals surface area contributed by atoms with Gasteiger partial charge in [-0.3, -0.25) is 19.6 Å². The number of carbonyl (C=O) groups is 1. The summed E-state index contributed by atoms with van der Waals surface area (Å²) in [6, 6.07) is 7.28. The largest absolute Gasteiger partial charge is 0.341 e. The number of benzene rings is 1. The Labute approximate surface area is 234 Å². The van der Waals surface area contributed by atoms with Crippen molar-refractivity contribution >= 4 is 17.5 Å². The summed E-state index contributed by atoms with van der Waals surface area (Å²) in [6.45, 7) is 6.64. The van der Waals surface area contributed by atoms with Gasteiger partial charge in [0, 0.05) is 50.5 Å². The summed E-state index contributed by atoms with van der Waals surface area (Å²) in [6.07, 6.45) is 8.92. The van der Waals surface area contributed by atoms with Crippen LogP contribution in [0.15, 0.2) is 43.0 Å². The van der Waals surface area contributed by atoms with E-state index >= 15 is 0 Å². The Kier molecular flexibility index (Phi) is 7.44. The van der Waals surface area contributed by atoms with Crippen LogP contribution in [0.25, 0.3) is 0 Å². The highest BCUT2D eigenvalue weighted by Gasteiger charge is 2.39. The molecule has 0 radical (unpaired) electrons. The van der Waals surface area contributed by atoms with Gasteiger partial charge in [0.2, 0.25) is 5.91 Å². The molecule has 1 amide bonds. The number of piperidine rings is 1. The summed E-state index contributed by atoms with van der Waals surface area (Å²) >= 11 is 6.38. The Bertz CT molecular complexity index is 1310. The van der Waals surface area contributed by atoms with Crippen molar-refractivity contribution in [3.05, 3.63) is 81.9 Å². The van der Waals surface area contributed by atoms with Crippen LogP contribution < -0.4 is 0 Å². The van der Waals surface area contributed by atoms with Gasteiger partial charge in [-0.05, 0) is 80.5 Å². The number of hydrogen-bond donors (Lipinski definition) is 0. The van der Waals surface area contributed by atoms with Gasteiger partial charge in [0.15, 0.2) is 0 Å². The normalized spacial score (nSPS) is 24.2. The third kappa shape index (κ3) is 5.47. The third-order valence-corrected chi connectivity index (χ3v) is 8.92. The number of hydrogen-bond acceptors (Lipinski definition) is 5. The second kappa shape index (κ2) is 11.0. The predicted molar refractivity (Wildman–Crippen MR) is 149 cm³/mol.